The lowest BCUT2D eigenvalue weighted by molar-refractivity contribution is -0.174. The van der Waals surface area contributed by atoms with Gasteiger partial charge < -0.3 is 19.3 Å². The quantitative estimate of drug-likeness (QED) is 0.728. The minimum atomic E-state index is -1.61. The van der Waals surface area contributed by atoms with Gasteiger partial charge in [0.05, 0.1) is 19.7 Å². The Morgan fingerprint density at radius 2 is 2.05 bits per heavy atom. The molecule has 7 heteroatoms. The van der Waals surface area contributed by atoms with E-state index in [1.54, 1.807) is 19.0 Å². The summed E-state index contributed by atoms with van der Waals surface area (Å²) in [6.45, 7) is 1.98. The van der Waals surface area contributed by atoms with Crippen LogP contribution in [0.25, 0.3) is 0 Å². The molecule has 6 nitrogen and oxygen atoms in total. The molecule has 1 saturated carbocycles. The summed E-state index contributed by atoms with van der Waals surface area (Å²) in [5.41, 5.74) is -2.01. The van der Waals surface area contributed by atoms with Gasteiger partial charge in [0.1, 0.15) is 12.2 Å². The molecule has 0 aromatic rings. The summed E-state index contributed by atoms with van der Waals surface area (Å²) in [6.07, 6.45) is 1.53. The highest BCUT2D eigenvalue weighted by Gasteiger charge is 2.60. The van der Waals surface area contributed by atoms with Crippen LogP contribution in [-0.4, -0.2) is 79.9 Å². The number of amides is 2. The van der Waals surface area contributed by atoms with Crippen LogP contribution in [0.2, 0.25) is 0 Å². The average Bonchev–Trinajstić information content (AvgIpc) is 3.04. The Bertz CT molecular complexity index is 472. The third-order valence-corrected chi connectivity index (χ3v) is 4.92. The van der Waals surface area contributed by atoms with E-state index in [1.165, 1.54) is 4.90 Å². The number of carbonyl (C=O) groups excluding carboxylic acids is 2. The monoisotopic (exact) mass is 314 g/mol. The number of likely N-dealkylation sites (tertiary alicyclic amines) is 1. The van der Waals surface area contributed by atoms with Gasteiger partial charge in [0, 0.05) is 26.6 Å². The molecule has 3 fully saturated rings. The van der Waals surface area contributed by atoms with E-state index in [4.69, 9.17) is 9.47 Å². The number of rotatable bonds is 5. The maximum atomic E-state index is 13.8. The largest absolute Gasteiger partial charge is 0.371 e. The van der Waals surface area contributed by atoms with Crippen LogP contribution in [0.3, 0.4) is 0 Å². The summed E-state index contributed by atoms with van der Waals surface area (Å²) in [7, 11) is 3.37. The first-order valence-electron chi connectivity index (χ1n) is 7.76. The van der Waals surface area contributed by atoms with E-state index in [0.29, 0.717) is 39.1 Å². The van der Waals surface area contributed by atoms with E-state index in [-0.39, 0.29) is 18.4 Å². The van der Waals surface area contributed by atoms with Gasteiger partial charge in [-0.1, -0.05) is 0 Å². The van der Waals surface area contributed by atoms with Crippen molar-refractivity contribution in [3.63, 3.8) is 0 Å². The number of ether oxygens (including phenoxy) is 2. The number of alkyl halides is 1. The van der Waals surface area contributed by atoms with E-state index >= 15 is 0 Å². The van der Waals surface area contributed by atoms with Gasteiger partial charge in [-0.05, 0) is 19.3 Å². The zero-order chi connectivity index (χ0) is 16.0. The third-order valence-electron chi connectivity index (χ3n) is 4.92. The second kappa shape index (κ2) is 5.45. The Hall–Kier alpha value is -1.21. The molecule has 1 aliphatic carbocycles. The fourth-order valence-electron chi connectivity index (χ4n) is 3.14. The molecule has 1 atom stereocenters. The van der Waals surface area contributed by atoms with Gasteiger partial charge in [-0.15, -0.1) is 0 Å². The smallest absolute Gasteiger partial charge is 0.260 e. The summed E-state index contributed by atoms with van der Waals surface area (Å²) in [5, 5.41) is 0. The molecule has 3 rings (SSSR count). The van der Waals surface area contributed by atoms with Crippen LogP contribution in [0.5, 0.6) is 0 Å². The Kier molecular flexibility index (Phi) is 3.89. The molecule has 0 aromatic heterocycles. The molecule has 3 aliphatic rings. The van der Waals surface area contributed by atoms with Crippen LogP contribution in [-0.2, 0) is 19.1 Å². The lowest BCUT2D eigenvalue weighted by atomic mass is 9.81. The molecule has 0 unspecified atom stereocenters. The molecular weight excluding hydrogens is 291 g/mol. The maximum absolute atomic E-state index is 13.8. The predicted octanol–water partition coefficient (Wildman–Crippen LogP) is 0.211. The Morgan fingerprint density at radius 3 is 2.64 bits per heavy atom. The van der Waals surface area contributed by atoms with Gasteiger partial charge in [-0.25, -0.2) is 4.39 Å². The Balaban J connectivity index is 1.48. The second-order valence-electron chi connectivity index (χ2n) is 6.83. The highest BCUT2D eigenvalue weighted by molar-refractivity contribution is 5.88. The van der Waals surface area contributed by atoms with Gasteiger partial charge >= 0.3 is 0 Å². The van der Waals surface area contributed by atoms with Crippen molar-refractivity contribution in [1.82, 2.24) is 9.80 Å². The van der Waals surface area contributed by atoms with E-state index in [0.717, 1.165) is 6.42 Å². The van der Waals surface area contributed by atoms with Gasteiger partial charge in [0.2, 0.25) is 5.91 Å². The maximum Gasteiger partial charge on any atom is 0.260 e. The summed E-state index contributed by atoms with van der Waals surface area (Å²) in [4.78, 5) is 26.5. The van der Waals surface area contributed by atoms with Crippen molar-refractivity contribution >= 4 is 11.8 Å². The fourth-order valence-corrected chi connectivity index (χ4v) is 3.14. The highest BCUT2D eigenvalue weighted by Crippen LogP contribution is 2.46. The van der Waals surface area contributed by atoms with Crippen molar-refractivity contribution in [3.05, 3.63) is 0 Å². The Morgan fingerprint density at radius 1 is 1.36 bits per heavy atom. The Labute approximate surface area is 129 Å². The molecule has 0 aromatic carbocycles. The normalized spacial score (nSPS) is 27.6. The van der Waals surface area contributed by atoms with Crippen LogP contribution >= 0.6 is 0 Å². The molecule has 0 radical (unpaired) electrons. The van der Waals surface area contributed by atoms with Gasteiger partial charge in [-0.2, -0.15) is 0 Å². The van der Waals surface area contributed by atoms with E-state index in [2.05, 4.69) is 0 Å². The molecule has 22 heavy (non-hydrogen) atoms. The van der Waals surface area contributed by atoms with Crippen molar-refractivity contribution < 1.29 is 23.5 Å². The van der Waals surface area contributed by atoms with Gasteiger partial charge in [-0.3, -0.25) is 9.59 Å². The molecule has 2 amide bonds. The molecule has 1 spiro atoms. The van der Waals surface area contributed by atoms with Crippen LogP contribution in [0.4, 0.5) is 4.39 Å². The topological polar surface area (TPSA) is 59.1 Å². The third kappa shape index (κ3) is 2.72. The standard InChI is InChI=1S/C15H23FN2O4/c1-17(2)12(19)8-21-7-11-3-6-22-15(11)9-18(10-15)13(20)14(16)4-5-14/h11H,3-10H2,1-2H3/t11-/m1/s1. The molecule has 2 saturated heterocycles. The van der Waals surface area contributed by atoms with Crippen LogP contribution in [0.1, 0.15) is 19.3 Å². The minimum absolute atomic E-state index is 0.0514. The number of likely N-dealkylation sites (N-methyl/N-ethyl adjacent to an activating group) is 1. The first-order valence-corrected chi connectivity index (χ1v) is 7.76. The number of carbonyl (C=O) groups is 2. The first kappa shape index (κ1) is 15.7. The van der Waals surface area contributed by atoms with Crippen LogP contribution < -0.4 is 0 Å². The zero-order valence-electron chi connectivity index (χ0n) is 13.1. The molecule has 2 aliphatic heterocycles. The first-order chi connectivity index (χ1) is 10.4. The second-order valence-corrected chi connectivity index (χ2v) is 6.83. The number of nitrogens with zero attached hydrogens (tertiary/aromatic N) is 2. The van der Waals surface area contributed by atoms with Crippen molar-refractivity contribution in [2.75, 3.05) is 47.0 Å². The van der Waals surface area contributed by atoms with Crippen molar-refractivity contribution in [3.8, 4) is 0 Å². The molecule has 0 bridgehead atoms. The number of hydrogen-bond acceptors (Lipinski definition) is 4. The lowest BCUT2D eigenvalue weighted by Gasteiger charge is -2.50. The molecular formula is C15H23FN2O4. The van der Waals surface area contributed by atoms with E-state index in [9.17, 15) is 14.0 Å². The van der Waals surface area contributed by atoms with E-state index < -0.39 is 17.2 Å². The van der Waals surface area contributed by atoms with Crippen molar-refractivity contribution in [1.29, 1.82) is 0 Å². The van der Waals surface area contributed by atoms with Crippen LogP contribution in [0, 0.1) is 5.92 Å². The predicted molar refractivity (Wildman–Crippen MR) is 76.0 cm³/mol. The summed E-state index contributed by atoms with van der Waals surface area (Å²) in [6, 6.07) is 0. The summed E-state index contributed by atoms with van der Waals surface area (Å²) >= 11 is 0. The molecule has 2 heterocycles. The molecule has 124 valence electrons. The lowest BCUT2D eigenvalue weighted by Crippen LogP contribution is -2.68. The fraction of sp³-hybridized carbons (Fsp3) is 0.867. The van der Waals surface area contributed by atoms with Crippen molar-refractivity contribution in [2.24, 2.45) is 5.92 Å². The highest BCUT2D eigenvalue weighted by atomic mass is 19.1. The SMILES string of the molecule is CN(C)C(=O)COC[C@H]1CCOC12CN(C(=O)C1(F)CC1)C2. The summed E-state index contributed by atoms with van der Waals surface area (Å²) in [5.74, 6) is -0.316. The number of hydrogen-bond donors (Lipinski definition) is 0. The molecule has 0 N–H and O–H groups in total. The zero-order valence-corrected chi connectivity index (χ0v) is 13.1. The average molecular weight is 314 g/mol. The van der Waals surface area contributed by atoms with Crippen molar-refractivity contribution in [2.45, 2.75) is 30.5 Å². The minimum Gasteiger partial charge on any atom is -0.371 e. The summed E-state index contributed by atoms with van der Waals surface area (Å²) < 4.78 is 25.1. The van der Waals surface area contributed by atoms with Gasteiger partial charge in [0.15, 0.2) is 5.67 Å². The van der Waals surface area contributed by atoms with Crippen LogP contribution in [0.15, 0.2) is 0 Å². The van der Waals surface area contributed by atoms with E-state index in [1.807, 2.05) is 0 Å². The number of halogens is 1. The van der Waals surface area contributed by atoms with Gasteiger partial charge in [0.25, 0.3) is 5.91 Å².